The first kappa shape index (κ1) is 10.2. The van der Waals surface area contributed by atoms with Crippen molar-refractivity contribution in [2.45, 2.75) is 12.8 Å². The quantitative estimate of drug-likeness (QED) is 0.648. The standard InChI is InChI=1S/C10H8ClN5O/c1-6-12-10(17-15-6)7-2-3-8-13-14-9(4-11)16(8)5-7/h2-3,5H,4H2,1H3. The van der Waals surface area contributed by atoms with Crippen molar-refractivity contribution in [3.63, 3.8) is 0 Å². The van der Waals surface area contributed by atoms with Crippen molar-refractivity contribution >= 4 is 17.2 Å². The third-order valence-corrected chi connectivity index (χ3v) is 2.61. The fourth-order valence-corrected chi connectivity index (χ4v) is 1.75. The first-order valence-electron chi connectivity index (χ1n) is 4.98. The molecule has 0 aliphatic carbocycles. The third kappa shape index (κ3) is 1.66. The minimum Gasteiger partial charge on any atom is -0.334 e. The van der Waals surface area contributed by atoms with Crippen LogP contribution in [0.4, 0.5) is 0 Å². The van der Waals surface area contributed by atoms with E-state index in [0.717, 1.165) is 11.2 Å². The zero-order valence-electron chi connectivity index (χ0n) is 8.96. The molecular formula is C10H8ClN5O. The van der Waals surface area contributed by atoms with Crippen LogP contribution in [0.2, 0.25) is 0 Å². The molecule has 0 aromatic carbocycles. The average Bonchev–Trinajstić information content (AvgIpc) is 2.94. The highest BCUT2D eigenvalue weighted by atomic mass is 35.5. The van der Waals surface area contributed by atoms with Gasteiger partial charge in [-0.2, -0.15) is 4.98 Å². The monoisotopic (exact) mass is 249 g/mol. The molecule has 0 amide bonds. The molecule has 0 saturated carbocycles. The summed E-state index contributed by atoms with van der Waals surface area (Å²) in [5, 5.41) is 11.7. The Balaban J connectivity index is 2.18. The molecule has 17 heavy (non-hydrogen) atoms. The number of hydrogen-bond donors (Lipinski definition) is 0. The lowest BCUT2D eigenvalue weighted by atomic mass is 10.3. The van der Waals surface area contributed by atoms with Crippen molar-refractivity contribution < 1.29 is 4.52 Å². The Morgan fingerprint density at radius 2 is 2.24 bits per heavy atom. The van der Waals surface area contributed by atoms with Gasteiger partial charge in [-0.1, -0.05) is 5.16 Å². The Morgan fingerprint density at radius 3 is 2.94 bits per heavy atom. The van der Waals surface area contributed by atoms with Gasteiger partial charge in [0.25, 0.3) is 5.89 Å². The molecule has 0 aliphatic rings. The maximum Gasteiger partial charge on any atom is 0.259 e. The SMILES string of the molecule is Cc1noc(-c2ccc3nnc(CCl)n3c2)n1. The first-order valence-corrected chi connectivity index (χ1v) is 5.51. The fraction of sp³-hybridized carbons (Fsp3) is 0.200. The lowest BCUT2D eigenvalue weighted by molar-refractivity contribution is 0.425. The molecule has 3 heterocycles. The van der Waals surface area contributed by atoms with E-state index >= 15 is 0 Å². The van der Waals surface area contributed by atoms with E-state index in [1.165, 1.54) is 0 Å². The number of aromatic nitrogens is 5. The van der Waals surface area contributed by atoms with Crippen LogP contribution in [0.3, 0.4) is 0 Å². The van der Waals surface area contributed by atoms with Gasteiger partial charge >= 0.3 is 0 Å². The van der Waals surface area contributed by atoms with E-state index < -0.39 is 0 Å². The van der Waals surface area contributed by atoms with E-state index in [1.54, 1.807) is 6.92 Å². The van der Waals surface area contributed by atoms with Crippen LogP contribution in [0.5, 0.6) is 0 Å². The second-order valence-electron chi connectivity index (χ2n) is 3.54. The Labute approximate surface area is 101 Å². The molecule has 0 fully saturated rings. The fourth-order valence-electron chi connectivity index (χ4n) is 1.57. The predicted molar refractivity (Wildman–Crippen MR) is 60.6 cm³/mol. The van der Waals surface area contributed by atoms with Crippen LogP contribution < -0.4 is 0 Å². The molecule has 0 atom stereocenters. The predicted octanol–water partition coefficient (Wildman–Crippen LogP) is 1.83. The molecule has 0 bridgehead atoms. The Kier molecular flexibility index (Phi) is 2.29. The van der Waals surface area contributed by atoms with E-state index in [1.807, 2.05) is 22.7 Å². The second kappa shape index (κ2) is 3.81. The number of rotatable bonds is 2. The minimum absolute atomic E-state index is 0.299. The van der Waals surface area contributed by atoms with E-state index in [4.69, 9.17) is 16.1 Å². The summed E-state index contributed by atoms with van der Waals surface area (Å²) in [5.74, 6) is 2.05. The molecule has 0 radical (unpaired) electrons. The number of alkyl halides is 1. The van der Waals surface area contributed by atoms with Gasteiger partial charge in [0.05, 0.1) is 11.4 Å². The molecule has 3 aromatic heterocycles. The van der Waals surface area contributed by atoms with Crippen molar-refractivity contribution in [1.82, 2.24) is 24.7 Å². The molecule has 0 spiro atoms. The van der Waals surface area contributed by atoms with Crippen LogP contribution in [0.1, 0.15) is 11.6 Å². The molecule has 0 saturated heterocycles. The van der Waals surface area contributed by atoms with Crippen molar-refractivity contribution in [1.29, 1.82) is 0 Å². The highest BCUT2D eigenvalue weighted by molar-refractivity contribution is 6.16. The van der Waals surface area contributed by atoms with Crippen molar-refractivity contribution in [2.75, 3.05) is 0 Å². The summed E-state index contributed by atoms with van der Waals surface area (Å²) in [7, 11) is 0. The number of halogens is 1. The molecule has 7 heteroatoms. The molecule has 3 rings (SSSR count). The normalized spacial score (nSPS) is 11.2. The van der Waals surface area contributed by atoms with Crippen LogP contribution in [-0.2, 0) is 5.88 Å². The number of pyridine rings is 1. The van der Waals surface area contributed by atoms with Crippen LogP contribution in [-0.4, -0.2) is 24.7 Å². The van der Waals surface area contributed by atoms with Gasteiger partial charge in [-0.3, -0.25) is 4.40 Å². The summed E-state index contributed by atoms with van der Waals surface area (Å²) in [4.78, 5) is 4.16. The smallest absolute Gasteiger partial charge is 0.259 e. The number of aryl methyl sites for hydroxylation is 1. The second-order valence-corrected chi connectivity index (χ2v) is 3.81. The zero-order valence-corrected chi connectivity index (χ0v) is 9.72. The molecule has 6 nitrogen and oxygen atoms in total. The number of fused-ring (bicyclic) bond motifs is 1. The number of hydrogen-bond acceptors (Lipinski definition) is 5. The van der Waals surface area contributed by atoms with Gasteiger partial charge in [0, 0.05) is 6.20 Å². The first-order chi connectivity index (χ1) is 8.28. The van der Waals surface area contributed by atoms with Gasteiger partial charge in [0.15, 0.2) is 17.3 Å². The summed E-state index contributed by atoms with van der Waals surface area (Å²) < 4.78 is 6.91. The van der Waals surface area contributed by atoms with Crippen molar-refractivity contribution in [2.24, 2.45) is 0 Å². The highest BCUT2D eigenvalue weighted by Crippen LogP contribution is 2.18. The lowest BCUT2D eigenvalue weighted by Crippen LogP contribution is -1.92. The Bertz CT molecular complexity index is 674. The molecule has 0 aliphatic heterocycles. The molecule has 86 valence electrons. The van der Waals surface area contributed by atoms with Gasteiger partial charge < -0.3 is 4.52 Å². The van der Waals surface area contributed by atoms with Gasteiger partial charge in [-0.15, -0.1) is 21.8 Å². The van der Waals surface area contributed by atoms with E-state index in [0.29, 0.717) is 23.4 Å². The van der Waals surface area contributed by atoms with E-state index in [2.05, 4.69) is 20.3 Å². The lowest BCUT2D eigenvalue weighted by Gasteiger charge is -1.98. The molecule has 3 aromatic rings. The van der Waals surface area contributed by atoms with Gasteiger partial charge in [-0.25, -0.2) is 0 Å². The largest absolute Gasteiger partial charge is 0.334 e. The topological polar surface area (TPSA) is 69.1 Å². The van der Waals surface area contributed by atoms with Crippen LogP contribution in [0, 0.1) is 6.92 Å². The third-order valence-electron chi connectivity index (χ3n) is 2.37. The number of nitrogens with zero attached hydrogens (tertiary/aromatic N) is 5. The summed E-state index contributed by atoms with van der Waals surface area (Å²) in [6.07, 6.45) is 1.83. The summed E-state index contributed by atoms with van der Waals surface area (Å²) in [5.41, 5.74) is 1.55. The average molecular weight is 250 g/mol. The van der Waals surface area contributed by atoms with Gasteiger partial charge in [-0.05, 0) is 19.1 Å². The van der Waals surface area contributed by atoms with Crippen LogP contribution >= 0.6 is 11.6 Å². The van der Waals surface area contributed by atoms with E-state index in [-0.39, 0.29) is 0 Å². The summed E-state index contributed by atoms with van der Waals surface area (Å²) >= 11 is 5.77. The molecule has 0 unspecified atom stereocenters. The Morgan fingerprint density at radius 1 is 1.35 bits per heavy atom. The maximum absolute atomic E-state index is 5.77. The highest BCUT2D eigenvalue weighted by Gasteiger charge is 2.09. The molecule has 0 N–H and O–H groups in total. The van der Waals surface area contributed by atoms with Gasteiger partial charge in [0.2, 0.25) is 0 Å². The maximum atomic E-state index is 5.77. The molecular weight excluding hydrogens is 242 g/mol. The van der Waals surface area contributed by atoms with Crippen molar-refractivity contribution in [3.05, 3.63) is 30.0 Å². The van der Waals surface area contributed by atoms with E-state index in [9.17, 15) is 0 Å². The zero-order chi connectivity index (χ0) is 11.8. The van der Waals surface area contributed by atoms with Crippen LogP contribution in [0.25, 0.3) is 17.1 Å². The van der Waals surface area contributed by atoms with Gasteiger partial charge in [0.1, 0.15) is 0 Å². The summed E-state index contributed by atoms with van der Waals surface area (Å²) in [6.45, 7) is 1.77. The summed E-state index contributed by atoms with van der Waals surface area (Å²) in [6, 6.07) is 3.69. The minimum atomic E-state index is 0.299. The van der Waals surface area contributed by atoms with Crippen molar-refractivity contribution in [3.8, 4) is 11.5 Å². The Hall–Kier alpha value is -1.95. The van der Waals surface area contributed by atoms with Crippen LogP contribution in [0.15, 0.2) is 22.9 Å².